The van der Waals surface area contributed by atoms with Crippen molar-refractivity contribution in [3.8, 4) is 5.75 Å². The second-order valence-electron chi connectivity index (χ2n) is 10.4. The Morgan fingerprint density at radius 1 is 1.03 bits per heavy atom. The summed E-state index contributed by atoms with van der Waals surface area (Å²) >= 11 is 0. The Bertz CT molecular complexity index is 914. The van der Waals surface area contributed by atoms with E-state index < -0.39 is 0 Å². The molecule has 5 rings (SSSR count). The smallest absolute Gasteiger partial charge is 0.230 e. The van der Waals surface area contributed by atoms with E-state index in [0.717, 1.165) is 51.1 Å². The number of fused-ring (bicyclic) bond motifs is 1. The normalized spacial score (nSPS) is 22.8. The van der Waals surface area contributed by atoms with E-state index in [1.54, 1.807) is 7.11 Å². The third kappa shape index (κ3) is 4.28. The third-order valence-corrected chi connectivity index (χ3v) is 8.38. The maximum absolute atomic E-state index is 13.8. The van der Waals surface area contributed by atoms with E-state index in [4.69, 9.17) is 4.74 Å². The van der Waals surface area contributed by atoms with Gasteiger partial charge in [-0.05, 0) is 81.3 Å². The number of aromatic nitrogens is 1. The summed E-state index contributed by atoms with van der Waals surface area (Å²) in [6, 6.07) is 6.26. The van der Waals surface area contributed by atoms with Crippen LogP contribution < -0.4 is 4.74 Å². The summed E-state index contributed by atoms with van der Waals surface area (Å²) in [6.45, 7) is 5.14. The van der Waals surface area contributed by atoms with Crippen molar-refractivity contribution >= 4 is 16.8 Å². The molecule has 5 nitrogen and oxygen atoms in total. The summed E-state index contributed by atoms with van der Waals surface area (Å²) in [4.78, 5) is 22.1. The standard InChI is InChI=1S/C27H39N3O2/c1-32-22-8-9-25-23(18-22)24(19-28-25)21-10-16-30(17-11-21)26(31)27(12-4-5-13-27)20-29-14-6-2-3-7-15-29/h8-9,18-19,21,28H,2-7,10-17,20H2,1H3. The second kappa shape index (κ2) is 9.46. The van der Waals surface area contributed by atoms with Crippen LogP contribution in [0.4, 0.5) is 0 Å². The number of methoxy groups -OCH3 is 1. The van der Waals surface area contributed by atoms with Crippen molar-refractivity contribution in [1.29, 1.82) is 0 Å². The van der Waals surface area contributed by atoms with Crippen LogP contribution in [0.5, 0.6) is 5.75 Å². The van der Waals surface area contributed by atoms with Crippen LogP contribution in [-0.2, 0) is 4.79 Å². The largest absolute Gasteiger partial charge is 0.497 e. The lowest BCUT2D eigenvalue weighted by Crippen LogP contribution is -2.51. The SMILES string of the molecule is COc1ccc2[nH]cc(C3CCN(C(=O)C4(CN5CCCCCC5)CCCC4)CC3)c2c1. The molecule has 32 heavy (non-hydrogen) atoms. The van der Waals surface area contributed by atoms with Crippen LogP contribution in [0.2, 0.25) is 0 Å². The number of nitrogens with zero attached hydrogens (tertiary/aromatic N) is 2. The molecule has 0 radical (unpaired) electrons. The fourth-order valence-electron chi connectivity index (χ4n) is 6.53. The van der Waals surface area contributed by atoms with Crippen molar-refractivity contribution in [3.05, 3.63) is 30.0 Å². The molecule has 2 aromatic rings. The van der Waals surface area contributed by atoms with E-state index in [1.165, 1.54) is 68.1 Å². The second-order valence-corrected chi connectivity index (χ2v) is 10.4. The molecule has 174 valence electrons. The molecule has 1 aromatic carbocycles. The minimum atomic E-state index is -0.120. The van der Waals surface area contributed by atoms with Gasteiger partial charge in [0.25, 0.3) is 0 Å². The van der Waals surface area contributed by atoms with E-state index in [1.807, 2.05) is 6.07 Å². The first-order chi connectivity index (χ1) is 15.7. The number of hydrogen-bond acceptors (Lipinski definition) is 3. The fraction of sp³-hybridized carbons (Fsp3) is 0.667. The molecule has 1 amide bonds. The number of carbonyl (C=O) groups excluding carboxylic acids is 1. The van der Waals surface area contributed by atoms with Crippen LogP contribution in [0.1, 0.15) is 75.7 Å². The van der Waals surface area contributed by atoms with E-state index in [9.17, 15) is 4.79 Å². The van der Waals surface area contributed by atoms with Gasteiger partial charge in [0.05, 0.1) is 12.5 Å². The van der Waals surface area contributed by atoms with Gasteiger partial charge in [0.15, 0.2) is 0 Å². The molecule has 0 spiro atoms. The summed E-state index contributed by atoms with van der Waals surface area (Å²) in [5, 5.41) is 1.27. The van der Waals surface area contributed by atoms with E-state index in [2.05, 4.69) is 33.1 Å². The molecule has 5 heteroatoms. The molecule has 1 saturated carbocycles. The molecular weight excluding hydrogens is 398 g/mol. The molecule has 1 N–H and O–H groups in total. The molecule has 1 aliphatic carbocycles. The number of aromatic amines is 1. The minimum Gasteiger partial charge on any atom is -0.497 e. The lowest BCUT2D eigenvalue weighted by molar-refractivity contribution is -0.144. The summed E-state index contributed by atoms with van der Waals surface area (Å²) < 4.78 is 5.45. The molecule has 3 fully saturated rings. The van der Waals surface area contributed by atoms with Gasteiger partial charge in [-0.3, -0.25) is 4.79 Å². The fourth-order valence-corrected chi connectivity index (χ4v) is 6.53. The summed E-state index contributed by atoms with van der Waals surface area (Å²) in [5.74, 6) is 1.87. The van der Waals surface area contributed by atoms with Gasteiger partial charge in [-0.2, -0.15) is 0 Å². The topological polar surface area (TPSA) is 48.6 Å². The van der Waals surface area contributed by atoms with Crippen molar-refractivity contribution in [2.75, 3.05) is 39.8 Å². The Morgan fingerprint density at radius 3 is 2.44 bits per heavy atom. The number of amides is 1. The Hall–Kier alpha value is -2.01. The molecule has 3 heterocycles. The summed E-state index contributed by atoms with van der Waals surface area (Å²) in [7, 11) is 1.72. The number of rotatable bonds is 5. The highest BCUT2D eigenvalue weighted by Crippen LogP contribution is 2.42. The minimum absolute atomic E-state index is 0.120. The van der Waals surface area contributed by atoms with Crippen LogP contribution in [0.3, 0.4) is 0 Å². The van der Waals surface area contributed by atoms with Gasteiger partial charge in [-0.25, -0.2) is 0 Å². The Labute approximate surface area is 192 Å². The number of nitrogens with one attached hydrogen (secondary N) is 1. The molecular formula is C27H39N3O2. The van der Waals surface area contributed by atoms with Gasteiger partial charge in [-0.15, -0.1) is 0 Å². The quantitative estimate of drug-likeness (QED) is 0.689. The maximum atomic E-state index is 13.8. The van der Waals surface area contributed by atoms with Gasteiger partial charge in [0, 0.05) is 36.7 Å². The molecule has 2 saturated heterocycles. The number of hydrogen-bond donors (Lipinski definition) is 1. The van der Waals surface area contributed by atoms with Crippen LogP contribution >= 0.6 is 0 Å². The molecule has 0 atom stereocenters. The highest BCUT2D eigenvalue weighted by atomic mass is 16.5. The van der Waals surface area contributed by atoms with Gasteiger partial charge < -0.3 is 19.5 Å². The van der Waals surface area contributed by atoms with E-state index >= 15 is 0 Å². The van der Waals surface area contributed by atoms with Crippen LogP contribution in [0.25, 0.3) is 10.9 Å². The van der Waals surface area contributed by atoms with Crippen molar-refractivity contribution in [1.82, 2.24) is 14.8 Å². The van der Waals surface area contributed by atoms with Crippen molar-refractivity contribution < 1.29 is 9.53 Å². The first-order valence-corrected chi connectivity index (χ1v) is 12.9. The Kier molecular flexibility index (Phi) is 6.45. The van der Waals surface area contributed by atoms with Crippen LogP contribution in [0, 0.1) is 5.41 Å². The predicted octanol–water partition coefficient (Wildman–Crippen LogP) is 5.32. The number of carbonyl (C=O) groups is 1. The average Bonchev–Trinajstić information content (AvgIpc) is 3.40. The summed E-state index contributed by atoms with van der Waals surface area (Å²) in [5.41, 5.74) is 2.43. The first-order valence-electron chi connectivity index (χ1n) is 12.9. The first kappa shape index (κ1) is 21.8. The van der Waals surface area contributed by atoms with Crippen LogP contribution in [0.15, 0.2) is 24.4 Å². The van der Waals surface area contributed by atoms with Gasteiger partial charge in [-0.1, -0.05) is 25.7 Å². The molecule has 0 unspecified atom stereocenters. The molecule has 0 bridgehead atoms. The zero-order chi connectivity index (χ0) is 22.0. The highest BCUT2D eigenvalue weighted by Gasteiger charge is 2.45. The van der Waals surface area contributed by atoms with Crippen LogP contribution in [-0.4, -0.2) is 60.5 Å². The third-order valence-electron chi connectivity index (χ3n) is 8.38. The van der Waals surface area contributed by atoms with Gasteiger partial charge >= 0.3 is 0 Å². The summed E-state index contributed by atoms with van der Waals surface area (Å²) in [6.07, 6.45) is 14.2. The lowest BCUT2D eigenvalue weighted by Gasteiger charge is -2.40. The molecule has 2 aliphatic heterocycles. The zero-order valence-corrected chi connectivity index (χ0v) is 19.7. The number of likely N-dealkylation sites (tertiary alicyclic amines) is 2. The Morgan fingerprint density at radius 2 is 1.75 bits per heavy atom. The number of ether oxygens (including phenoxy) is 1. The maximum Gasteiger partial charge on any atom is 0.230 e. The lowest BCUT2D eigenvalue weighted by atomic mass is 9.82. The number of H-pyrrole nitrogens is 1. The van der Waals surface area contributed by atoms with Gasteiger partial charge in [0.2, 0.25) is 5.91 Å². The predicted molar refractivity (Wildman–Crippen MR) is 129 cm³/mol. The molecule has 1 aromatic heterocycles. The number of benzene rings is 1. The van der Waals surface area contributed by atoms with Gasteiger partial charge in [0.1, 0.15) is 5.75 Å². The number of piperidine rings is 1. The van der Waals surface area contributed by atoms with E-state index in [0.29, 0.717) is 11.8 Å². The van der Waals surface area contributed by atoms with E-state index in [-0.39, 0.29) is 5.41 Å². The van der Waals surface area contributed by atoms with Crippen molar-refractivity contribution in [2.45, 2.75) is 70.1 Å². The monoisotopic (exact) mass is 437 g/mol. The van der Waals surface area contributed by atoms with Crippen molar-refractivity contribution in [3.63, 3.8) is 0 Å². The Balaban J connectivity index is 1.26. The molecule has 3 aliphatic rings. The van der Waals surface area contributed by atoms with Crippen molar-refractivity contribution in [2.24, 2.45) is 5.41 Å². The average molecular weight is 438 g/mol. The zero-order valence-electron chi connectivity index (χ0n) is 19.7. The highest BCUT2D eigenvalue weighted by molar-refractivity contribution is 5.86.